The molecule has 0 aliphatic rings. The van der Waals surface area contributed by atoms with Crippen molar-refractivity contribution in [3.8, 4) is 17.0 Å². The average molecular weight is 382 g/mol. The summed E-state index contributed by atoms with van der Waals surface area (Å²) in [4.78, 5) is 12.3. The molecule has 0 saturated heterocycles. The summed E-state index contributed by atoms with van der Waals surface area (Å²) in [5.41, 5.74) is -0.897. The number of nitrogens with zero attached hydrogens (tertiary/aromatic N) is 1. The molecule has 9 heteroatoms. The van der Waals surface area contributed by atoms with E-state index in [1.807, 2.05) is 0 Å². The first-order valence-corrected chi connectivity index (χ1v) is 7.65. The van der Waals surface area contributed by atoms with Crippen LogP contribution in [-0.2, 0) is 6.18 Å². The zero-order valence-electron chi connectivity index (χ0n) is 12.9. The monoisotopic (exact) mass is 381 g/mol. The molecule has 26 heavy (non-hydrogen) atoms. The minimum atomic E-state index is -4.60. The molecule has 2 aromatic carbocycles. The van der Waals surface area contributed by atoms with Crippen molar-refractivity contribution in [1.82, 2.24) is 10.2 Å². The highest BCUT2D eigenvalue weighted by Gasteiger charge is 2.33. The number of H-pyrrole nitrogens is 1. The van der Waals surface area contributed by atoms with Crippen LogP contribution in [0.15, 0.2) is 48.5 Å². The second-order valence-corrected chi connectivity index (χ2v) is 5.76. The Morgan fingerprint density at radius 1 is 1.15 bits per heavy atom. The van der Waals surface area contributed by atoms with Crippen molar-refractivity contribution in [2.45, 2.75) is 6.18 Å². The highest BCUT2D eigenvalue weighted by molar-refractivity contribution is 6.31. The van der Waals surface area contributed by atoms with Gasteiger partial charge in [0.25, 0.3) is 5.91 Å². The number of carbonyl (C=O) groups is 1. The van der Waals surface area contributed by atoms with Crippen LogP contribution in [0.3, 0.4) is 0 Å². The third-order valence-corrected chi connectivity index (χ3v) is 3.77. The minimum absolute atomic E-state index is 0.0728. The van der Waals surface area contributed by atoms with E-state index in [0.717, 1.165) is 12.1 Å². The molecule has 5 nitrogen and oxygen atoms in total. The number of amides is 1. The number of phenolic OH excluding ortho intramolecular Hbond substituents is 1. The Kier molecular flexibility index (Phi) is 4.60. The maximum atomic E-state index is 13.0. The number of alkyl halides is 3. The van der Waals surface area contributed by atoms with Crippen LogP contribution in [0.2, 0.25) is 5.02 Å². The van der Waals surface area contributed by atoms with Gasteiger partial charge in [-0.25, -0.2) is 0 Å². The van der Waals surface area contributed by atoms with Crippen molar-refractivity contribution in [2.24, 2.45) is 0 Å². The molecule has 0 aliphatic heterocycles. The van der Waals surface area contributed by atoms with Crippen molar-refractivity contribution < 1.29 is 23.1 Å². The fraction of sp³-hybridized carbons (Fsp3) is 0.0588. The van der Waals surface area contributed by atoms with Crippen LogP contribution in [0.25, 0.3) is 11.3 Å². The number of benzene rings is 2. The molecule has 0 saturated carbocycles. The maximum Gasteiger partial charge on any atom is 0.418 e. The summed E-state index contributed by atoms with van der Waals surface area (Å²) in [6.07, 6.45) is -4.60. The molecule has 3 aromatic rings. The van der Waals surface area contributed by atoms with Gasteiger partial charge in [0.15, 0.2) is 0 Å². The van der Waals surface area contributed by atoms with Crippen LogP contribution in [0.4, 0.5) is 18.9 Å². The number of halogens is 4. The first kappa shape index (κ1) is 17.8. The second kappa shape index (κ2) is 6.72. The van der Waals surface area contributed by atoms with Gasteiger partial charge >= 0.3 is 6.18 Å². The predicted molar refractivity (Wildman–Crippen MR) is 90.1 cm³/mol. The molecular weight excluding hydrogens is 371 g/mol. The standard InChI is InChI=1S/C17H11ClF3N3O2/c18-9-5-6-15(25)10(7-9)13-8-14(24-23-13)16(26)22-12-4-2-1-3-11(12)17(19,20)21/h1-8,25H,(H,22,26)(H,23,24). The zero-order chi connectivity index (χ0) is 18.9. The van der Waals surface area contributed by atoms with Gasteiger partial charge in [-0.1, -0.05) is 23.7 Å². The normalized spacial score (nSPS) is 11.4. The van der Waals surface area contributed by atoms with Crippen molar-refractivity contribution in [1.29, 1.82) is 0 Å². The molecule has 1 aromatic heterocycles. The van der Waals surface area contributed by atoms with Crippen LogP contribution in [0.5, 0.6) is 5.75 Å². The van der Waals surface area contributed by atoms with E-state index >= 15 is 0 Å². The number of para-hydroxylation sites is 1. The maximum absolute atomic E-state index is 13.0. The van der Waals surface area contributed by atoms with Gasteiger partial charge in [0, 0.05) is 10.6 Å². The third-order valence-electron chi connectivity index (χ3n) is 3.54. The molecule has 3 rings (SSSR count). The lowest BCUT2D eigenvalue weighted by molar-refractivity contribution is -0.136. The highest BCUT2D eigenvalue weighted by Crippen LogP contribution is 2.35. The molecule has 1 heterocycles. The molecule has 134 valence electrons. The average Bonchev–Trinajstić information content (AvgIpc) is 3.06. The van der Waals surface area contributed by atoms with Gasteiger partial charge in [-0.15, -0.1) is 0 Å². The third kappa shape index (κ3) is 3.65. The van der Waals surface area contributed by atoms with Gasteiger partial charge in [0.1, 0.15) is 11.4 Å². The SMILES string of the molecule is O=C(Nc1ccccc1C(F)(F)F)c1cc(-c2cc(Cl)ccc2O)n[nH]1. The number of carbonyl (C=O) groups excluding carboxylic acids is 1. The largest absolute Gasteiger partial charge is 0.507 e. The van der Waals surface area contributed by atoms with E-state index in [2.05, 4.69) is 15.5 Å². The highest BCUT2D eigenvalue weighted by atomic mass is 35.5. The number of rotatable bonds is 3. The zero-order valence-corrected chi connectivity index (χ0v) is 13.7. The molecule has 0 atom stereocenters. The quantitative estimate of drug-likeness (QED) is 0.615. The number of hydrogen-bond acceptors (Lipinski definition) is 3. The van der Waals surface area contributed by atoms with Gasteiger partial charge < -0.3 is 10.4 Å². The molecular formula is C17H11ClF3N3O2. The van der Waals surface area contributed by atoms with Crippen LogP contribution >= 0.6 is 11.6 Å². The Balaban J connectivity index is 1.87. The van der Waals surface area contributed by atoms with Crippen molar-refractivity contribution in [2.75, 3.05) is 5.32 Å². The van der Waals surface area contributed by atoms with E-state index in [-0.39, 0.29) is 28.4 Å². The first-order chi connectivity index (χ1) is 12.3. The predicted octanol–water partition coefficient (Wildman–Crippen LogP) is 4.71. The van der Waals surface area contributed by atoms with Gasteiger partial charge in [-0.3, -0.25) is 9.89 Å². The topological polar surface area (TPSA) is 78.0 Å². The van der Waals surface area contributed by atoms with E-state index in [9.17, 15) is 23.1 Å². The second-order valence-electron chi connectivity index (χ2n) is 5.33. The molecule has 0 fully saturated rings. The van der Waals surface area contributed by atoms with Crippen LogP contribution in [-0.4, -0.2) is 21.2 Å². The van der Waals surface area contributed by atoms with E-state index < -0.39 is 17.6 Å². The summed E-state index contributed by atoms with van der Waals surface area (Å²) in [5, 5.41) is 18.7. The molecule has 0 bridgehead atoms. The lowest BCUT2D eigenvalue weighted by Crippen LogP contribution is -2.16. The summed E-state index contributed by atoms with van der Waals surface area (Å²) < 4.78 is 39.0. The number of phenols is 1. The molecule has 1 amide bonds. The number of anilines is 1. The van der Waals surface area contributed by atoms with Gasteiger partial charge in [-0.05, 0) is 36.4 Å². The van der Waals surface area contributed by atoms with E-state index in [4.69, 9.17) is 11.6 Å². The summed E-state index contributed by atoms with van der Waals surface area (Å²) in [6, 6.07) is 10.2. The number of nitrogens with one attached hydrogen (secondary N) is 2. The number of aromatic amines is 1. The molecule has 0 unspecified atom stereocenters. The Labute approximate surface area is 150 Å². The van der Waals surface area contributed by atoms with Crippen LogP contribution in [0.1, 0.15) is 16.1 Å². The summed E-state index contributed by atoms with van der Waals surface area (Å²) >= 11 is 5.87. The number of aromatic hydroxyl groups is 1. The summed E-state index contributed by atoms with van der Waals surface area (Å²) in [7, 11) is 0. The minimum Gasteiger partial charge on any atom is -0.507 e. The van der Waals surface area contributed by atoms with E-state index in [1.165, 1.54) is 36.4 Å². The van der Waals surface area contributed by atoms with E-state index in [1.54, 1.807) is 0 Å². The van der Waals surface area contributed by atoms with E-state index in [0.29, 0.717) is 5.02 Å². The fourth-order valence-corrected chi connectivity index (χ4v) is 2.49. The van der Waals surface area contributed by atoms with Crippen LogP contribution in [0, 0.1) is 0 Å². The van der Waals surface area contributed by atoms with Crippen molar-refractivity contribution in [3.63, 3.8) is 0 Å². The van der Waals surface area contributed by atoms with Gasteiger partial charge in [0.05, 0.1) is 16.9 Å². The fourth-order valence-electron chi connectivity index (χ4n) is 2.32. The smallest absolute Gasteiger partial charge is 0.418 e. The molecule has 0 radical (unpaired) electrons. The van der Waals surface area contributed by atoms with Gasteiger partial charge in [-0.2, -0.15) is 18.3 Å². The lowest BCUT2D eigenvalue weighted by Gasteiger charge is -2.12. The first-order valence-electron chi connectivity index (χ1n) is 7.27. The van der Waals surface area contributed by atoms with Crippen molar-refractivity contribution >= 4 is 23.2 Å². The van der Waals surface area contributed by atoms with Gasteiger partial charge in [0.2, 0.25) is 0 Å². The Morgan fingerprint density at radius 2 is 1.88 bits per heavy atom. The number of aromatic nitrogens is 2. The van der Waals surface area contributed by atoms with Crippen LogP contribution < -0.4 is 5.32 Å². The van der Waals surface area contributed by atoms with Crippen molar-refractivity contribution in [3.05, 3.63) is 64.8 Å². The Hall–Kier alpha value is -3.00. The summed E-state index contributed by atoms with van der Waals surface area (Å²) in [5.74, 6) is -0.905. The molecule has 0 aliphatic carbocycles. The molecule has 3 N–H and O–H groups in total. The summed E-state index contributed by atoms with van der Waals surface area (Å²) in [6.45, 7) is 0. The Morgan fingerprint density at radius 3 is 2.62 bits per heavy atom. The number of hydrogen-bond donors (Lipinski definition) is 3. The Bertz CT molecular complexity index is 970. The lowest BCUT2D eigenvalue weighted by atomic mass is 10.1. The molecule has 0 spiro atoms.